The number of hydrogen-bond donors (Lipinski definition) is 1. The van der Waals surface area contributed by atoms with Gasteiger partial charge in [-0.1, -0.05) is 12.1 Å². The van der Waals surface area contributed by atoms with Crippen LogP contribution in [0, 0.1) is 0 Å². The normalized spacial score (nSPS) is 16.4. The third-order valence-corrected chi connectivity index (χ3v) is 14.9. The van der Waals surface area contributed by atoms with E-state index in [1.165, 1.54) is 47.6 Å². The second kappa shape index (κ2) is 24.9. The fraction of sp³-hybridized carbons (Fsp3) is 0.475. The van der Waals surface area contributed by atoms with Crippen molar-refractivity contribution in [1.82, 2.24) is 29.2 Å². The highest BCUT2D eigenvalue weighted by Gasteiger charge is 2.34. The highest BCUT2D eigenvalue weighted by Crippen LogP contribution is 2.37. The number of methoxy groups -OCH3 is 2. The molecular weight excluding hydrogens is 1070 g/mol. The number of nitrogens with zero attached hydrogens (tertiary/aromatic N) is 5. The smallest absolute Gasteiger partial charge is 0.416 e. The van der Waals surface area contributed by atoms with Gasteiger partial charge in [0.25, 0.3) is 11.1 Å². The molecule has 0 spiro atoms. The Labute approximate surface area is 464 Å². The number of hydrogen-bond acceptors (Lipinski definition) is 13. The van der Waals surface area contributed by atoms with Crippen molar-refractivity contribution in [2.75, 3.05) is 79.9 Å². The number of amides is 1. The lowest BCUT2D eigenvalue weighted by Crippen LogP contribution is -2.49. The van der Waals surface area contributed by atoms with Gasteiger partial charge in [-0.3, -0.25) is 9.59 Å². The van der Waals surface area contributed by atoms with Crippen LogP contribution in [0.1, 0.15) is 68.7 Å². The molecule has 0 unspecified atom stereocenters. The van der Waals surface area contributed by atoms with Crippen molar-refractivity contribution in [2.45, 2.75) is 103 Å². The molecule has 4 aromatic carbocycles. The Morgan fingerprint density at radius 3 is 1.48 bits per heavy atom. The Bertz CT molecular complexity index is 3310. The van der Waals surface area contributed by atoms with Crippen molar-refractivity contribution in [3.05, 3.63) is 128 Å². The van der Waals surface area contributed by atoms with E-state index in [2.05, 4.69) is 15.1 Å². The summed E-state index contributed by atoms with van der Waals surface area (Å²) >= 11 is 0. The van der Waals surface area contributed by atoms with Crippen molar-refractivity contribution in [3.8, 4) is 34.5 Å². The number of alkyl halides is 6. The average Bonchev–Trinajstić information content (AvgIpc) is 3.61. The summed E-state index contributed by atoms with van der Waals surface area (Å²) in [6.07, 6.45) is -6.21. The molecule has 1 amide bonds. The third kappa shape index (κ3) is 14.5. The fourth-order valence-electron chi connectivity index (χ4n) is 10.7. The number of aromatic nitrogens is 2. The molecule has 6 heterocycles. The Morgan fingerprint density at radius 1 is 0.580 bits per heavy atom. The van der Waals surface area contributed by atoms with Gasteiger partial charge in [-0.05, 0) is 131 Å². The molecule has 0 atom stereocenters. The van der Waals surface area contributed by atoms with Gasteiger partial charge in [0.05, 0.1) is 36.4 Å². The number of benzene rings is 4. The first-order chi connectivity index (χ1) is 38.6. The summed E-state index contributed by atoms with van der Waals surface area (Å²) in [6, 6.07) is 21.3. The second-order valence-electron chi connectivity index (χ2n) is 21.5. The van der Waals surface area contributed by atoms with Gasteiger partial charge in [-0.2, -0.15) is 26.3 Å². The van der Waals surface area contributed by atoms with Gasteiger partial charge in [0, 0.05) is 87.3 Å². The van der Waals surface area contributed by atoms with Crippen molar-refractivity contribution >= 4 is 27.9 Å². The largest absolute Gasteiger partial charge is 0.496 e. The first kappa shape index (κ1) is 58.5. The minimum atomic E-state index is -4.54. The van der Waals surface area contributed by atoms with Gasteiger partial charge in [-0.15, -0.1) is 0 Å². The number of pyridine rings is 2. The zero-order chi connectivity index (χ0) is 57.6. The van der Waals surface area contributed by atoms with E-state index >= 15 is 0 Å². The SMILES string of the molecule is COc1cc(=O)n(CCN2CCC(N(Cc3ccc4c(c3)OCCO4)C(=O)OC(C)(C)C)CC2)c2cc(C(F)(F)F)ccc12.COc1cc(=O)n(CCN2CCC(NCc3ccc4c(c3)OCCO4)CC2)c2cc(C(F)(F)F)ccc12. The monoisotopic (exact) mass is 1130 g/mol. The van der Waals surface area contributed by atoms with Crippen LogP contribution in [0.25, 0.3) is 21.8 Å². The molecule has 4 aliphatic heterocycles. The lowest BCUT2D eigenvalue weighted by molar-refractivity contribution is -0.138. The maximum absolute atomic E-state index is 13.5. The summed E-state index contributed by atoms with van der Waals surface area (Å²) in [5.41, 5.74) is -0.645. The van der Waals surface area contributed by atoms with Crippen LogP contribution in [-0.2, 0) is 43.3 Å². The third-order valence-electron chi connectivity index (χ3n) is 14.9. The lowest BCUT2D eigenvalue weighted by Gasteiger charge is -2.39. The molecule has 10 rings (SSSR count). The summed E-state index contributed by atoms with van der Waals surface area (Å²) in [5, 5.41) is 4.53. The molecule has 16 nitrogen and oxygen atoms in total. The molecule has 2 saturated heterocycles. The number of carbonyl (C=O) groups is 1. The molecule has 2 aromatic heterocycles. The second-order valence-corrected chi connectivity index (χ2v) is 21.5. The number of halogens is 6. The Morgan fingerprint density at radius 2 is 1.02 bits per heavy atom. The zero-order valence-electron chi connectivity index (χ0n) is 46.1. The Hall–Kier alpha value is -7.17. The number of rotatable bonds is 14. The van der Waals surface area contributed by atoms with Gasteiger partial charge in [0.2, 0.25) is 0 Å². The summed E-state index contributed by atoms with van der Waals surface area (Å²) < 4.78 is 122. The molecule has 1 N–H and O–H groups in total. The number of likely N-dealkylation sites (tertiary alicyclic amines) is 2. The first-order valence-electron chi connectivity index (χ1n) is 27.2. The van der Waals surface area contributed by atoms with E-state index in [0.29, 0.717) is 107 Å². The van der Waals surface area contributed by atoms with Crippen LogP contribution in [0.4, 0.5) is 31.1 Å². The molecule has 0 saturated carbocycles. The van der Waals surface area contributed by atoms with Crippen molar-refractivity contribution in [1.29, 1.82) is 0 Å². The molecule has 436 valence electrons. The van der Waals surface area contributed by atoms with E-state index < -0.39 is 40.7 Å². The molecule has 6 aromatic rings. The van der Waals surface area contributed by atoms with Gasteiger partial charge in [0.1, 0.15) is 43.5 Å². The highest BCUT2D eigenvalue weighted by atomic mass is 19.4. The summed E-state index contributed by atoms with van der Waals surface area (Å²) in [4.78, 5) is 45.2. The fourth-order valence-corrected chi connectivity index (χ4v) is 10.7. The number of fused-ring (bicyclic) bond motifs is 4. The van der Waals surface area contributed by atoms with Crippen LogP contribution in [0.2, 0.25) is 0 Å². The topological polar surface area (TPSA) is 147 Å². The molecule has 22 heteroatoms. The van der Waals surface area contributed by atoms with E-state index in [1.54, 1.807) is 4.90 Å². The number of ether oxygens (including phenoxy) is 7. The molecule has 0 aliphatic carbocycles. The molecule has 81 heavy (non-hydrogen) atoms. The summed E-state index contributed by atoms with van der Waals surface area (Å²) in [7, 11) is 2.79. The molecule has 2 fully saturated rings. The van der Waals surface area contributed by atoms with Crippen molar-refractivity contribution < 1.29 is 64.3 Å². The zero-order valence-corrected chi connectivity index (χ0v) is 46.1. The van der Waals surface area contributed by atoms with Gasteiger partial charge in [0.15, 0.2) is 23.0 Å². The maximum Gasteiger partial charge on any atom is 0.416 e. The van der Waals surface area contributed by atoms with Gasteiger partial charge in [-0.25, -0.2) is 4.79 Å². The van der Waals surface area contributed by atoms with Crippen LogP contribution in [0.15, 0.2) is 94.5 Å². The molecular formula is C59H68F6N6O10. The van der Waals surface area contributed by atoms with E-state index in [-0.39, 0.29) is 40.7 Å². The van der Waals surface area contributed by atoms with E-state index in [9.17, 15) is 40.7 Å². The van der Waals surface area contributed by atoms with E-state index in [4.69, 9.17) is 33.2 Å². The standard InChI is InChI=1S/C32H38F3N3O6.C27H30F3N3O4/c1-31(2,3)44-30(40)38(20-21-5-8-26-28(17-21)43-16-15-42-26)23-9-11-36(12-10-23)13-14-37-25-18-22(32(33,34)35)6-7-24(25)27(41-4)19-29(37)39;1-35-24-16-26(34)33(22-15-19(27(28,29)30)3-4-21(22)24)11-10-32-8-6-20(7-9-32)31-17-18-2-5-23-25(14-18)37-13-12-36-23/h5-8,17-19,23H,9-16,20H2,1-4H3;2-5,14-16,20,31H,6-13,17H2,1H3. The summed E-state index contributed by atoms with van der Waals surface area (Å²) in [5.74, 6) is 3.39. The minimum Gasteiger partial charge on any atom is -0.496 e. The average molecular weight is 1140 g/mol. The maximum atomic E-state index is 13.5. The van der Waals surface area contributed by atoms with Crippen molar-refractivity contribution in [2.24, 2.45) is 0 Å². The quantitative estimate of drug-likeness (QED) is 0.103. The van der Waals surface area contributed by atoms with Crippen LogP contribution >= 0.6 is 0 Å². The number of nitrogens with one attached hydrogen (secondary N) is 1. The Balaban J connectivity index is 0.000000198. The molecule has 4 aliphatic rings. The van der Waals surface area contributed by atoms with Crippen LogP contribution in [0.3, 0.4) is 0 Å². The molecule has 0 bridgehead atoms. The summed E-state index contributed by atoms with van der Waals surface area (Å²) in [6.45, 7) is 13.2. The lowest BCUT2D eigenvalue weighted by atomic mass is 10.0. The van der Waals surface area contributed by atoms with Gasteiger partial charge >= 0.3 is 18.4 Å². The van der Waals surface area contributed by atoms with Gasteiger partial charge < -0.3 is 62.3 Å². The highest BCUT2D eigenvalue weighted by molar-refractivity contribution is 5.87. The number of carbonyl (C=O) groups excluding carboxylic acids is 1. The predicted octanol–water partition coefficient (Wildman–Crippen LogP) is 9.76. The van der Waals surface area contributed by atoms with Crippen molar-refractivity contribution in [3.63, 3.8) is 0 Å². The molecule has 0 radical (unpaired) electrons. The Kier molecular flexibility index (Phi) is 18.0. The van der Waals surface area contributed by atoms with Crippen LogP contribution in [0.5, 0.6) is 34.5 Å². The number of piperidine rings is 2. The predicted molar refractivity (Wildman–Crippen MR) is 292 cm³/mol. The minimum absolute atomic E-state index is 0.0896. The first-order valence-corrected chi connectivity index (χ1v) is 27.2. The van der Waals surface area contributed by atoms with Crippen LogP contribution < -0.4 is 44.9 Å². The van der Waals surface area contributed by atoms with E-state index in [1.807, 2.05) is 57.2 Å². The van der Waals surface area contributed by atoms with E-state index in [0.717, 1.165) is 79.4 Å². The van der Waals surface area contributed by atoms with Crippen LogP contribution in [-0.4, -0.2) is 128 Å².